The van der Waals surface area contributed by atoms with Crippen molar-refractivity contribution >= 4 is 16.9 Å². The number of rotatable bonds is 3. The van der Waals surface area contributed by atoms with Crippen LogP contribution < -0.4 is 11.0 Å². The number of hydrogen-bond acceptors (Lipinski definition) is 2. The average Bonchev–Trinajstić information content (AvgIpc) is 3.05. The fraction of sp³-hybridized carbons (Fsp3) is 0.333. The molecule has 1 aromatic carbocycles. The van der Waals surface area contributed by atoms with Crippen LogP contribution >= 0.6 is 0 Å². The Hall–Kier alpha value is -2.04. The van der Waals surface area contributed by atoms with E-state index in [0.29, 0.717) is 6.04 Å². The van der Waals surface area contributed by atoms with Crippen molar-refractivity contribution < 1.29 is 4.79 Å². The molecule has 1 saturated carbocycles. The lowest BCUT2D eigenvalue weighted by Crippen LogP contribution is -2.32. The van der Waals surface area contributed by atoms with Crippen LogP contribution in [0.2, 0.25) is 0 Å². The summed E-state index contributed by atoms with van der Waals surface area (Å²) >= 11 is 0. The maximum absolute atomic E-state index is 11.7. The average molecular weight is 231 g/mol. The summed E-state index contributed by atoms with van der Waals surface area (Å²) < 4.78 is 1.47. The molecule has 1 aliphatic rings. The molecule has 5 heteroatoms. The second kappa shape index (κ2) is 3.76. The lowest BCUT2D eigenvalue weighted by atomic mass is 10.3. The van der Waals surface area contributed by atoms with Gasteiger partial charge in [-0.05, 0) is 25.0 Å². The number of aromatic nitrogens is 2. The molecule has 0 aliphatic heterocycles. The van der Waals surface area contributed by atoms with Crippen molar-refractivity contribution in [2.24, 2.45) is 0 Å². The molecule has 0 spiro atoms. The van der Waals surface area contributed by atoms with Gasteiger partial charge in [-0.15, -0.1) is 0 Å². The highest BCUT2D eigenvalue weighted by molar-refractivity contribution is 5.80. The summed E-state index contributed by atoms with van der Waals surface area (Å²) in [6.07, 6.45) is 2.10. The number of hydrogen-bond donors (Lipinski definition) is 2. The number of carbonyl (C=O) groups is 1. The highest BCUT2D eigenvalue weighted by atomic mass is 16.2. The van der Waals surface area contributed by atoms with Crippen molar-refractivity contribution in [3.63, 3.8) is 0 Å². The molecule has 1 aliphatic carbocycles. The minimum Gasteiger partial charge on any atom is -0.352 e. The molecule has 3 rings (SSSR count). The second-order valence-electron chi connectivity index (χ2n) is 4.38. The number of fused-ring (bicyclic) bond motifs is 1. The van der Waals surface area contributed by atoms with E-state index in [-0.39, 0.29) is 18.1 Å². The zero-order valence-corrected chi connectivity index (χ0v) is 9.27. The van der Waals surface area contributed by atoms with E-state index in [1.807, 2.05) is 24.3 Å². The third kappa shape index (κ3) is 1.95. The molecular weight excluding hydrogens is 218 g/mol. The number of amides is 1. The number of imidazole rings is 1. The van der Waals surface area contributed by atoms with Gasteiger partial charge in [0, 0.05) is 6.04 Å². The van der Waals surface area contributed by atoms with Crippen LogP contribution in [-0.2, 0) is 11.3 Å². The summed E-state index contributed by atoms with van der Waals surface area (Å²) in [5, 5.41) is 2.87. The van der Waals surface area contributed by atoms with E-state index < -0.39 is 0 Å². The molecule has 1 aromatic heterocycles. The number of aromatic amines is 1. The van der Waals surface area contributed by atoms with Crippen molar-refractivity contribution in [1.82, 2.24) is 14.9 Å². The standard InChI is InChI=1S/C12H13N3O2/c16-11(13-8-5-6-8)7-15-10-4-2-1-3-9(10)14-12(15)17/h1-4,8H,5-7H2,(H,13,16)(H,14,17). The van der Waals surface area contributed by atoms with Crippen molar-refractivity contribution in [2.45, 2.75) is 25.4 Å². The van der Waals surface area contributed by atoms with Crippen LogP contribution in [0.3, 0.4) is 0 Å². The number of H-pyrrole nitrogens is 1. The van der Waals surface area contributed by atoms with Crippen molar-refractivity contribution in [2.75, 3.05) is 0 Å². The Morgan fingerprint density at radius 1 is 1.41 bits per heavy atom. The first kappa shape index (κ1) is 10.1. The van der Waals surface area contributed by atoms with Crippen molar-refractivity contribution in [3.05, 3.63) is 34.7 Å². The van der Waals surface area contributed by atoms with Crippen molar-refractivity contribution in [3.8, 4) is 0 Å². The molecule has 0 atom stereocenters. The monoisotopic (exact) mass is 231 g/mol. The molecule has 1 amide bonds. The first-order chi connectivity index (χ1) is 8.24. The normalized spacial score (nSPS) is 15.1. The lowest BCUT2D eigenvalue weighted by Gasteiger charge is -2.04. The number of nitrogens with zero attached hydrogens (tertiary/aromatic N) is 1. The van der Waals surface area contributed by atoms with Gasteiger partial charge in [-0.2, -0.15) is 0 Å². The molecule has 2 aromatic rings. The van der Waals surface area contributed by atoms with Gasteiger partial charge in [0.25, 0.3) is 0 Å². The van der Waals surface area contributed by atoms with E-state index >= 15 is 0 Å². The quantitative estimate of drug-likeness (QED) is 0.812. The van der Waals surface area contributed by atoms with Crippen LogP contribution in [0.4, 0.5) is 0 Å². The van der Waals surface area contributed by atoms with E-state index in [9.17, 15) is 9.59 Å². The third-order valence-corrected chi connectivity index (χ3v) is 2.93. The third-order valence-electron chi connectivity index (χ3n) is 2.93. The SMILES string of the molecule is O=C(Cn1c(=O)[nH]c2ccccc21)NC1CC1. The Labute approximate surface area is 97.4 Å². The zero-order chi connectivity index (χ0) is 11.8. The van der Waals surface area contributed by atoms with E-state index in [1.165, 1.54) is 4.57 Å². The van der Waals surface area contributed by atoms with Crippen LogP contribution in [0.15, 0.2) is 29.1 Å². The van der Waals surface area contributed by atoms with Gasteiger partial charge in [-0.3, -0.25) is 9.36 Å². The number of nitrogens with one attached hydrogen (secondary N) is 2. The molecule has 2 N–H and O–H groups in total. The number of para-hydroxylation sites is 2. The fourth-order valence-electron chi connectivity index (χ4n) is 1.91. The van der Waals surface area contributed by atoms with Gasteiger partial charge in [0.05, 0.1) is 11.0 Å². The zero-order valence-electron chi connectivity index (χ0n) is 9.27. The van der Waals surface area contributed by atoms with Gasteiger partial charge in [0.2, 0.25) is 5.91 Å². The van der Waals surface area contributed by atoms with Gasteiger partial charge in [0.1, 0.15) is 6.54 Å². The van der Waals surface area contributed by atoms with Crippen LogP contribution in [0.1, 0.15) is 12.8 Å². The van der Waals surface area contributed by atoms with Gasteiger partial charge in [0.15, 0.2) is 0 Å². The Morgan fingerprint density at radius 3 is 2.94 bits per heavy atom. The van der Waals surface area contributed by atoms with Crippen LogP contribution in [0, 0.1) is 0 Å². The lowest BCUT2D eigenvalue weighted by molar-refractivity contribution is -0.121. The Balaban J connectivity index is 1.90. The molecule has 5 nitrogen and oxygen atoms in total. The molecule has 0 radical (unpaired) electrons. The van der Waals surface area contributed by atoms with E-state index in [4.69, 9.17) is 0 Å². The fourth-order valence-corrected chi connectivity index (χ4v) is 1.91. The maximum Gasteiger partial charge on any atom is 0.326 e. The first-order valence-corrected chi connectivity index (χ1v) is 5.71. The summed E-state index contributed by atoms with van der Waals surface area (Å²) in [5.41, 5.74) is 1.29. The largest absolute Gasteiger partial charge is 0.352 e. The van der Waals surface area contributed by atoms with E-state index in [2.05, 4.69) is 10.3 Å². The second-order valence-corrected chi connectivity index (χ2v) is 4.38. The highest BCUT2D eigenvalue weighted by Crippen LogP contribution is 2.18. The predicted molar refractivity (Wildman–Crippen MR) is 63.7 cm³/mol. The molecule has 88 valence electrons. The Kier molecular flexibility index (Phi) is 2.24. The molecule has 0 saturated heterocycles. The van der Waals surface area contributed by atoms with Crippen LogP contribution in [0.25, 0.3) is 11.0 Å². The minimum absolute atomic E-state index is 0.0827. The maximum atomic E-state index is 11.7. The number of benzene rings is 1. The molecule has 0 bridgehead atoms. The van der Waals surface area contributed by atoms with Crippen LogP contribution in [0.5, 0.6) is 0 Å². The van der Waals surface area contributed by atoms with Gasteiger partial charge >= 0.3 is 5.69 Å². The molecular formula is C12H13N3O2. The summed E-state index contributed by atoms with van der Waals surface area (Å²) in [7, 11) is 0. The van der Waals surface area contributed by atoms with Gasteiger partial charge < -0.3 is 10.3 Å². The Morgan fingerprint density at radius 2 is 2.18 bits per heavy atom. The highest BCUT2D eigenvalue weighted by Gasteiger charge is 2.23. The minimum atomic E-state index is -0.239. The van der Waals surface area contributed by atoms with Crippen LogP contribution in [-0.4, -0.2) is 21.5 Å². The van der Waals surface area contributed by atoms with Gasteiger partial charge in [-0.1, -0.05) is 12.1 Å². The summed E-state index contributed by atoms with van der Waals surface area (Å²) in [5.74, 6) is -0.0978. The summed E-state index contributed by atoms with van der Waals surface area (Å²) in [6.45, 7) is 0.0827. The molecule has 1 heterocycles. The molecule has 0 unspecified atom stereocenters. The molecule has 1 fully saturated rings. The van der Waals surface area contributed by atoms with Crippen molar-refractivity contribution in [1.29, 1.82) is 0 Å². The summed E-state index contributed by atoms with van der Waals surface area (Å²) in [6, 6.07) is 7.69. The van der Waals surface area contributed by atoms with E-state index in [0.717, 1.165) is 23.9 Å². The molecule has 17 heavy (non-hydrogen) atoms. The topological polar surface area (TPSA) is 66.9 Å². The predicted octanol–water partition coefficient (Wildman–Crippen LogP) is 0.608. The smallest absolute Gasteiger partial charge is 0.326 e. The first-order valence-electron chi connectivity index (χ1n) is 5.71. The number of carbonyl (C=O) groups excluding carboxylic acids is 1. The Bertz CT molecular complexity index is 622. The van der Waals surface area contributed by atoms with Gasteiger partial charge in [-0.25, -0.2) is 4.79 Å². The van der Waals surface area contributed by atoms with E-state index in [1.54, 1.807) is 0 Å². The summed E-state index contributed by atoms with van der Waals surface area (Å²) in [4.78, 5) is 26.1.